The van der Waals surface area contributed by atoms with Crippen molar-refractivity contribution < 1.29 is 14.3 Å². The van der Waals surface area contributed by atoms with Gasteiger partial charge in [-0.05, 0) is 24.5 Å². The van der Waals surface area contributed by atoms with Crippen molar-refractivity contribution in [3.8, 4) is 0 Å². The minimum Gasteiger partial charge on any atom is -0.393 e. The van der Waals surface area contributed by atoms with Gasteiger partial charge in [0.25, 0.3) is 0 Å². The number of hydrogen-bond donors (Lipinski definition) is 2. The van der Waals surface area contributed by atoms with E-state index in [-0.39, 0.29) is 23.7 Å². The van der Waals surface area contributed by atoms with Gasteiger partial charge in [0.05, 0.1) is 11.8 Å². The summed E-state index contributed by atoms with van der Waals surface area (Å²) < 4.78 is 13.4. The zero-order valence-electron chi connectivity index (χ0n) is 10.3. The Bertz CT molecular complexity index is 439. The highest BCUT2D eigenvalue weighted by molar-refractivity contribution is 5.89. The number of aliphatic hydroxyl groups excluding tert-OH is 1. The average molecular weight is 252 g/mol. The summed E-state index contributed by atoms with van der Waals surface area (Å²) in [5.74, 6) is -0.402. The largest absolute Gasteiger partial charge is 0.393 e. The molecular formula is C13H17FN2O2. The van der Waals surface area contributed by atoms with Crippen molar-refractivity contribution in [2.24, 2.45) is 5.92 Å². The molecule has 0 aromatic heterocycles. The van der Waals surface area contributed by atoms with Crippen LogP contribution >= 0.6 is 0 Å². The minimum absolute atomic E-state index is 0.0464. The molecule has 2 atom stereocenters. The number of carbonyl (C=O) groups is 1. The van der Waals surface area contributed by atoms with Gasteiger partial charge in [0.15, 0.2) is 0 Å². The SMILES string of the molecule is CC1CN(C(=O)Nc2ccccc2F)CCC1O. The maximum Gasteiger partial charge on any atom is 0.321 e. The van der Waals surface area contributed by atoms with Crippen LogP contribution in [0.2, 0.25) is 0 Å². The van der Waals surface area contributed by atoms with Gasteiger partial charge < -0.3 is 15.3 Å². The molecule has 0 spiro atoms. The Morgan fingerprint density at radius 3 is 2.89 bits per heavy atom. The molecule has 1 aromatic carbocycles. The first kappa shape index (κ1) is 12.8. The van der Waals surface area contributed by atoms with Crippen LogP contribution in [0, 0.1) is 11.7 Å². The highest BCUT2D eigenvalue weighted by Gasteiger charge is 2.27. The van der Waals surface area contributed by atoms with Crippen LogP contribution in [0.4, 0.5) is 14.9 Å². The predicted molar refractivity (Wildman–Crippen MR) is 66.8 cm³/mol. The molecule has 2 unspecified atom stereocenters. The molecule has 0 bridgehead atoms. The molecule has 18 heavy (non-hydrogen) atoms. The summed E-state index contributed by atoms with van der Waals surface area (Å²) in [6.07, 6.45) is 0.203. The summed E-state index contributed by atoms with van der Waals surface area (Å²) in [6, 6.07) is 5.75. The summed E-state index contributed by atoms with van der Waals surface area (Å²) in [6.45, 7) is 2.88. The fraction of sp³-hybridized carbons (Fsp3) is 0.462. The summed E-state index contributed by atoms with van der Waals surface area (Å²) in [5.41, 5.74) is 0.182. The number of para-hydroxylation sites is 1. The number of urea groups is 1. The third-order valence-electron chi connectivity index (χ3n) is 3.26. The molecule has 98 valence electrons. The molecule has 1 aromatic rings. The van der Waals surface area contributed by atoms with E-state index in [1.807, 2.05) is 6.92 Å². The Balaban J connectivity index is 1.99. The van der Waals surface area contributed by atoms with Crippen LogP contribution in [0.3, 0.4) is 0 Å². The van der Waals surface area contributed by atoms with Crippen LogP contribution in [0.1, 0.15) is 13.3 Å². The van der Waals surface area contributed by atoms with Gasteiger partial charge >= 0.3 is 6.03 Å². The first-order chi connectivity index (χ1) is 8.58. The second-order valence-corrected chi connectivity index (χ2v) is 4.69. The number of piperidine rings is 1. The van der Waals surface area contributed by atoms with E-state index in [2.05, 4.69) is 5.32 Å². The van der Waals surface area contributed by atoms with Gasteiger partial charge in [-0.25, -0.2) is 9.18 Å². The molecular weight excluding hydrogens is 235 g/mol. The van der Waals surface area contributed by atoms with E-state index in [4.69, 9.17) is 0 Å². The Labute approximate surface area is 105 Å². The van der Waals surface area contributed by atoms with Gasteiger partial charge in [-0.2, -0.15) is 0 Å². The van der Waals surface area contributed by atoms with Crippen molar-refractivity contribution in [3.63, 3.8) is 0 Å². The Kier molecular flexibility index (Phi) is 3.81. The van der Waals surface area contributed by atoms with Crippen LogP contribution in [0.5, 0.6) is 0 Å². The van der Waals surface area contributed by atoms with E-state index in [1.54, 1.807) is 17.0 Å². The average Bonchev–Trinajstić information content (AvgIpc) is 2.35. The lowest BCUT2D eigenvalue weighted by molar-refractivity contribution is 0.0506. The molecule has 2 N–H and O–H groups in total. The highest BCUT2D eigenvalue weighted by Crippen LogP contribution is 2.18. The van der Waals surface area contributed by atoms with Gasteiger partial charge in [0.1, 0.15) is 5.82 Å². The zero-order chi connectivity index (χ0) is 13.1. The van der Waals surface area contributed by atoms with Crippen molar-refractivity contribution in [1.82, 2.24) is 4.90 Å². The van der Waals surface area contributed by atoms with E-state index in [1.165, 1.54) is 12.1 Å². The number of amides is 2. The van der Waals surface area contributed by atoms with Crippen LogP contribution in [-0.2, 0) is 0 Å². The quantitative estimate of drug-likeness (QED) is 0.803. The monoisotopic (exact) mass is 252 g/mol. The van der Waals surface area contributed by atoms with E-state index >= 15 is 0 Å². The van der Waals surface area contributed by atoms with Crippen molar-refractivity contribution in [3.05, 3.63) is 30.1 Å². The topological polar surface area (TPSA) is 52.6 Å². The van der Waals surface area contributed by atoms with E-state index in [0.717, 1.165) is 0 Å². The second-order valence-electron chi connectivity index (χ2n) is 4.69. The van der Waals surface area contributed by atoms with Crippen molar-refractivity contribution in [1.29, 1.82) is 0 Å². The van der Waals surface area contributed by atoms with Gasteiger partial charge in [-0.3, -0.25) is 0 Å². The summed E-state index contributed by atoms with van der Waals surface area (Å²) in [4.78, 5) is 13.5. The number of carbonyl (C=O) groups excluding carboxylic acids is 1. The predicted octanol–water partition coefficient (Wildman–Crippen LogP) is 2.06. The van der Waals surface area contributed by atoms with Crippen molar-refractivity contribution in [2.45, 2.75) is 19.4 Å². The Hall–Kier alpha value is -1.62. The maximum atomic E-state index is 13.4. The van der Waals surface area contributed by atoms with Gasteiger partial charge in [-0.15, -0.1) is 0 Å². The van der Waals surface area contributed by atoms with Gasteiger partial charge in [0, 0.05) is 13.1 Å². The van der Waals surface area contributed by atoms with Crippen LogP contribution in [-0.4, -0.2) is 35.2 Å². The Morgan fingerprint density at radius 1 is 1.50 bits per heavy atom. The minimum atomic E-state index is -0.448. The molecule has 1 aliphatic heterocycles. The van der Waals surface area contributed by atoms with Crippen molar-refractivity contribution >= 4 is 11.7 Å². The smallest absolute Gasteiger partial charge is 0.321 e. The lowest BCUT2D eigenvalue weighted by Gasteiger charge is -2.34. The fourth-order valence-corrected chi connectivity index (χ4v) is 2.07. The first-order valence-electron chi connectivity index (χ1n) is 6.06. The molecule has 4 nitrogen and oxygen atoms in total. The summed E-state index contributed by atoms with van der Waals surface area (Å²) in [7, 11) is 0. The van der Waals surface area contributed by atoms with Crippen molar-refractivity contribution in [2.75, 3.05) is 18.4 Å². The number of aliphatic hydroxyl groups is 1. The maximum absolute atomic E-state index is 13.4. The summed E-state index contributed by atoms with van der Waals surface area (Å²) in [5, 5.41) is 12.1. The Morgan fingerprint density at radius 2 is 2.22 bits per heavy atom. The number of nitrogens with zero attached hydrogens (tertiary/aromatic N) is 1. The lowest BCUT2D eigenvalue weighted by Crippen LogP contribution is -2.46. The molecule has 5 heteroatoms. The molecule has 1 saturated heterocycles. The van der Waals surface area contributed by atoms with Crippen LogP contribution in [0.25, 0.3) is 0 Å². The number of hydrogen-bond acceptors (Lipinski definition) is 2. The number of benzene rings is 1. The summed E-state index contributed by atoms with van der Waals surface area (Å²) >= 11 is 0. The molecule has 1 aliphatic rings. The molecule has 0 radical (unpaired) electrons. The third kappa shape index (κ3) is 2.79. The lowest BCUT2D eigenvalue weighted by atomic mass is 9.97. The molecule has 1 heterocycles. The number of halogens is 1. The molecule has 1 fully saturated rings. The molecule has 2 amide bonds. The number of rotatable bonds is 1. The van der Waals surface area contributed by atoms with E-state index in [0.29, 0.717) is 19.5 Å². The standard InChI is InChI=1S/C13H17FN2O2/c1-9-8-16(7-6-12(9)17)13(18)15-11-5-3-2-4-10(11)14/h2-5,9,12,17H,6-8H2,1H3,(H,15,18). The number of likely N-dealkylation sites (tertiary alicyclic amines) is 1. The van der Waals surface area contributed by atoms with E-state index < -0.39 is 5.82 Å². The second kappa shape index (κ2) is 5.35. The molecule has 0 aliphatic carbocycles. The number of anilines is 1. The zero-order valence-corrected chi connectivity index (χ0v) is 10.3. The van der Waals surface area contributed by atoms with Crippen LogP contribution < -0.4 is 5.32 Å². The van der Waals surface area contributed by atoms with Gasteiger partial charge in [-0.1, -0.05) is 19.1 Å². The normalized spacial score (nSPS) is 23.8. The number of nitrogens with one attached hydrogen (secondary N) is 1. The first-order valence-corrected chi connectivity index (χ1v) is 6.06. The fourth-order valence-electron chi connectivity index (χ4n) is 2.07. The van der Waals surface area contributed by atoms with Crippen LogP contribution in [0.15, 0.2) is 24.3 Å². The van der Waals surface area contributed by atoms with E-state index in [9.17, 15) is 14.3 Å². The highest BCUT2D eigenvalue weighted by atomic mass is 19.1. The van der Waals surface area contributed by atoms with Gasteiger partial charge in [0.2, 0.25) is 0 Å². The third-order valence-corrected chi connectivity index (χ3v) is 3.26. The molecule has 0 saturated carbocycles. The molecule has 2 rings (SSSR count).